The molecule has 0 bridgehead atoms. The van der Waals surface area contributed by atoms with Gasteiger partial charge in [-0.2, -0.15) is 0 Å². The summed E-state index contributed by atoms with van der Waals surface area (Å²) in [6.07, 6.45) is 5.62. The molecule has 0 aliphatic carbocycles. The zero-order valence-corrected chi connectivity index (χ0v) is 14.5. The molecule has 3 heterocycles. The largest absolute Gasteiger partial charge is 0.381 e. The molecule has 1 fully saturated rings. The summed E-state index contributed by atoms with van der Waals surface area (Å²) in [7, 11) is 0. The number of hydrogen-bond donors (Lipinski definition) is 1. The molecule has 26 heavy (non-hydrogen) atoms. The van der Waals surface area contributed by atoms with Crippen LogP contribution < -0.4 is 5.32 Å². The van der Waals surface area contributed by atoms with Crippen molar-refractivity contribution in [2.45, 2.75) is 12.8 Å². The summed E-state index contributed by atoms with van der Waals surface area (Å²) in [5.41, 5.74) is 3.19. The lowest BCUT2D eigenvalue weighted by molar-refractivity contribution is 0.0536. The Hall–Kier alpha value is -2.79. The minimum atomic E-state index is -0.0653. The number of rotatable bonds is 4. The van der Waals surface area contributed by atoms with Crippen LogP contribution in [0.3, 0.4) is 0 Å². The molecule has 132 valence electrons. The standard InChI is InChI=1S/C21H21N3O2/c25-21(23-13-15-4-3-11-26-14-15)18-12-20(16-7-9-22-10-8-16)24-19-6-2-1-5-17(18)19/h1-2,5-10,12,15H,3-4,11,13-14H2,(H,23,25). The number of carbonyl (C=O) groups excluding carboxylic acids is 1. The third kappa shape index (κ3) is 3.58. The lowest BCUT2D eigenvalue weighted by Gasteiger charge is -2.22. The second-order valence-electron chi connectivity index (χ2n) is 6.60. The van der Waals surface area contributed by atoms with E-state index in [4.69, 9.17) is 9.72 Å². The Labute approximate surface area is 152 Å². The van der Waals surface area contributed by atoms with Gasteiger partial charge in [-0.25, -0.2) is 4.98 Å². The Kier molecular flexibility index (Phi) is 4.88. The molecule has 5 heteroatoms. The van der Waals surface area contributed by atoms with Crippen LogP contribution in [-0.2, 0) is 4.74 Å². The highest BCUT2D eigenvalue weighted by molar-refractivity contribution is 6.07. The third-order valence-corrected chi connectivity index (χ3v) is 4.74. The number of nitrogens with one attached hydrogen (secondary N) is 1. The van der Waals surface area contributed by atoms with Crippen molar-refractivity contribution in [3.05, 3.63) is 60.4 Å². The van der Waals surface area contributed by atoms with E-state index in [2.05, 4.69) is 10.3 Å². The SMILES string of the molecule is O=C(NCC1CCCOC1)c1cc(-c2ccncc2)nc2ccccc12. The van der Waals surface area contributed by atoms with E-state index in [1.807, 2.05) is 42.5 Å². The first-order chi connectivity index (χ1) is 12.8. The fourth-order valence-electron chi connectivity index (χ4n) is 3.33. The molecule has 0 spiro atoms. The fraction of sp³-hybridized carbons (Fsp3) is 0.286. The van der Waals surface area contributed by atoms with Gasteiger partial charge in [-0.05, 0) is 43.0 Å². The quantitative estimate of drug-likeness (QED) is 0.785. The number of nitrogens with zero attached hydrogens (tertiary/aromatic N) is 2. The Balaban J connectivity index is 1.65. The minimum Gasteiger partial charge on any atom is -0.381 e. The summed E-state index contributed by atoms with van der Waals surface area (Å²) in [5.74, 6) is 0.324. The van der Waals surface area contributed by atoms with E-state index in [1.165, 1.54) is 0 Å². The molecule has 1 aliphatic heterocycles. The van der Waals surface area contributed by atoms with Crippen LogP contribution in [0.2, 0.25) is 0 Å². The average molecular weight is 347 g/mol. The van der Waals surface area contributed by atoms with Crippen molar-refractivity contribution < 1.29 is 9.53 Å². The van der Waals surface area contributed by atoms with E-state index in [1.54, 1.807) is 12.4 Å². The molecule has 1 aliphatic rings. The van der Waals surface area contributed by atoms with Crippen molar-refractivity contribution in [1.29, 1.82) is 0 Å². The number of ether oxygens (including phenoxy) is 1. The normalized spacial score (nSPS) is 17.2. The summed E-state index contributed by atoms with van der Waals surface area (Å²) < 4.78 is 5.50. The van der Waals surface area contributed by atoms with Gasteiger partial charge >= 0.3 is 0 Å². The molecule has 1 aromatic carbocycles. The second kappa shape index (κ2) is 7.62. The number of amides is 1. The lowest BCUT2D eigenvalue weighted by atomic mass is 10.0. The maximum atomic E-state index is 12.9. The molecule has 1 amide bonds. The molecular weight excluding hydrogens is 326 g/mol. The molecule has 5 nitrogen and oxygen atoms in total. The van der Waals surface area contributed by atoms with Crippen molar-refractivity contribution >= 4 is 16.8 Å². The van der Waals surface area contributed by atoms with Crippen LogP contribution in [0.15, 0.2) is 54.9 Å². The average Bonchev–Trinajstić information content (AvgIpc) is 2.72. The van der Waals surface area contributed by atoms with Gasteiger partial charge in [0.05, 0.1) is 23.4 Å². The summed E-state index contributed by atoms with van der Waals surface area (Å²) in [5, 5.41) is 3.94. The fourth-order valence-corrected chi connectivity index (χ4v) is 3.33. The van der Waals surface area contributed by atoms with E-state index in [0.717, 1.165) is 48.2 Å². The van der Waals surface area contributed by atoms with Gasteiger partial charge < -0.3 is 10.1 Å². The number of hydrogen-bond acceptors (Lipinski definition) is 4. The first-order valence-electron chi connectivity index (χ1n) is 8.97. The van der Waals surface area contributed by atoms with Gasteiger partial charge in [-0.3, -0.25) is 9.78 Å². The highest BCUT2D eigenvalue weighted by atomic mass is 16.5. The van der Waals surface area contributed by atoms with Crippen LogP contribution in [-0.4, -0.2) is 35.6 Å². The Morgan fingerprint density at radius 1 is 1.19 bits per heavy atom. The highest BCUT2D eigenvalue weighted by Gasteiger charge is 2.17. The van der Waals surface area contributed by atoms with Gasteiger partial charge in [0.15, 0.2) is 0 Å². The van der Waals surface area contributed by atoms with Gasteiger partial charge in [-0.1, -0.05) is 18.2 Å². The van der Waals surface area contributed by atoms with Crippen LogP contribution in [0.4, 0.5) is 0 Å². The Morgan fingerprint density at radius 3 is 2.85 bits per heavy atom. The molecule has 1 atom stereocenters. The van der Waals surface area contributed by atoms with Crippen molar-refractivity contribution in [2.75, 3.05) is 19.8 Å². The van der Waals surface area contributed by atoms with E-state index >= 15 is 0 Å². The zero-order chi connectivity index (χ0) is 17.8. The molecular formula is C21H21N3O2. The van der Waals surface area contributed by atoms with Crippen molar-refractivity contribution in [1.82, 2.24) is 15.3 Å². The van der Waals surface area contributed by atoms with E-state index in [0.29, 0.717) is 18.0 Å². The molecule has 0 radical (unpaired) electrons. The van der Waals surface area contributed by atoms with Gasteiger partial charge in [0.25, 0.3) is 5.91 Å². The van der Waals surface area contributed by atoms with Gasteiger partial charge in [0.2, 0.25) is 0 Å². The van der Waals surface area contributed by atoms with Gasteiger partial charge in [-0.15, -0.1) is 0 Å². The summed E-state index contributed by atoms with van der Waals surface area (Å²) in [6, 6.07) is 13.4. The number of carbonyl (C=O) groups is 1. The number of fused-ring (bicyclic) bond motifs is 1. The Bertz CT molecular complexity index is 906. The number of pyridine rings is 2. The third-order valence-electron chi connectivity index (χ3n) is 4.74. The smallest absolute Gasteiger partial charge is 0.252 e. The summed E-state index contributed by atoms with van der Waals surface area (Å²) in [4.78, 5) is 21.7. The molecule has 4 rings (SSSR count). The molecule has 1 saturated heterocycles. The molecule has 1 N–H and O–H groups in total. The predicted molar refractivity (Wildman–Crippen MR) is 101 cm³/mol. The number of para-hydroxylation sites is 1. The van der Waals surface area contributed by atoms with Crippen molar-refractivity contribution in [3.8, 4) is 11.3 Å². The van der Waals surface area contributed by atoms with Crippen LogP contribution in [0, 0.1) is 5.92 Å². The predicted octanol–water partition coefficient (Wildman–Crippen LogP) is 3.45. The van der Waals surface area contributed by atoms with E-state index in [9.17, 15) is 4.79 Å². The van der Waals surface area contributed by atoms with Gasteiger partial charge in [0.1, 0.15) is 0 Å². The monoisotopic (exact) mass is 347 g/mol. The Morgan fingerprint density at radius 2 is 2.04 bits per heavy atom. The van der Waals surface area contributed by atoms with Crippen LogP contribution in [0.25, 0.3) is 22.2 Å². The van der Waals surface area contributed by atoms with E-state index < -0.39 is 0 Å². The molecule has 3 aromatic rings. The van der Waals surface area contributed by atoms with Crippen LogP contribution in [0.1, 0.15) is 23.2 Å². The molecule has 2 aromatic heterocycles. The number of aromatic nitrogens is 2. The minimum absolute atomic E-state index is 0.0653. The summed E-state index contributed by atoms with van der Waals surface area (Å²) in [6.45, 7) is 2.19. The van der Waals surface area contributed by atoms with E-state index in [-0.39, 0.29) is 5.91 Å². The van der Waals surface area contributed by atoms with Crippen LogP contribution in [0.5, 0.6) is 0 Å². The maximum absolute atomic E-state index is 12.9. The van der Waals surface area contributed by atoms with Crippen molar-refractivity contribution in [2.24, 2.45) is 5.92 Å². The number of benzene rings is 1. The first-order valence-corrected chi connectivity index (χ1v) is 8.97. The lowest BCUT2D eigenvalue weighted by Crippen LogP contribution is -2.33. The van der Waals surface area contributed by atoms with Gasteiger partial charge in [0, 0.05) is 36.5 Å². The molecule has 1 unspecified atom stereocenters. The maximum Gasteiger partial charge on any atom is 0.252 e. The van der Waals surface area contributed by atoms with Crippen molar-refractivity contribution in [3.63, 3.8) is 0 Å². The van der Waals surface area contributed by atoms with Crippen LogP contribution >= 0.6 is 0 Å². The second-order valence-corrected chi connectivity index (χ2v) is 6.60. The first kappa shape index (κ1) is 16.7. The summed E-state index contributed by atoms with van der Waals surface area (Å²) >= 11 is 0. The topological polar surface area (TPSA) is 64.1 Å². The highest BCUT2D eigenvalue weighted by Crippen LogP contribution is 2.24. The molecule has 0 saturated carbocycles. The zero-order valence-electron chi connectivity index (χ0n) is 14.5.